The van der Waals surface area contributed by atoms with Crippen LogP contribution in [0.15, 0.2) is 11.6 Å². The number of nitrogens with zero attached hydrogens (tertiary/aromatic N) is 3. The van der Waals surface area contributed by atoms with Gasteiger partial charge in [-0.15, -0.1) is 11.3 Å². The first-order chi connectivity index (χ1) is 10.8. The summed E-state index contributed by atoms with van der Waals surface area (Å²) < 4.78 is 5.13. The van der Waals surface area contributed by atoms with E-state index in [9.17, 15) is 9.59 Å². The third kappa shape index (κ3) is 5.70. The third-order valence-electron chi connectivity index (χ3n) is 3.33. The van der Waals surface area contributed by atoms with Gasteiger partial charge in [0.05, 0.1) is 0 Å². The molecule has 1 aliphatic rings. The molecule has 1 saturated heterocycles. The Balaban J connectivity index is 1.66. The molecule has 0 unspecified atom stereocenters. The van der Waals surface area contributed by atoms with Gasteiger partial charge in [0.15, 0.2) is 5.13 Å². The standard InChI is InChI=1S/C15H24N4O3S/c1-15(2,3)22-14(21)17-5-4-12(20)18-7-9-19(10-8-18)13-16-6-11-23-13/h6,11H,4-5,7-10H2,1-3H3,(H,17,21). The van der Waals surface area contributed by atoms with Gasteiger partial charge in [-0.2, -0.15) is 0 Å². The summed E-state index contributed by atoms with van der Waals surface area (Å²) >= 11 is 1.61. The van der Waals surface area contributed by atoms with E-state index < -0.39 is 11.7 Å². The van der Waals surface area contributed by atoms with Crippen LogP contribution in [0.25, 0.3) is 0 Å². The number of hydrogen-bond acceptors (Lipinski definition) is 6. The van der Waals surface area contributed by atoms with Crippen molar-refractivity contribution >= 4 is 28.5 Å². The maximum absolute atomic E-state index is 12.2. The van der Waals surface area contributed by atoms with Crippen molar-refractivity contribution in [3.05, 3.63) is 11.6 Å². The fourth-order valence-electron chi connectivity index (χ4n) is 2.26. The van der Waals surface area contributed by atoms with E-state index in [1.807, 2.05) is 10.3 Å². The molecule has 1 N–H and O–H groups in total. The predicted octanol–water partition coefficient (Wildman–Crippen LogP) is 1.71. The van der Waals surface area contributed by atoms with Gasteiger partial charge in [0.2, 0.25) is 5.91 Å². The van der Waals surface area contributed by atoms with Crippen molar-refractivity contribution in [1.82, 2.24) is 15.2 Å². The highest BCUT2D eigenvalue weighted by Gasteiger charge is 2.22. The zero-order chi connectivity index (χ0) is 16.9. The lowest BCUT2D eigenvalue weighted by atomic mass is 10.2. The SMILES string of the molecule is CC(C)(C)OC(=O)NCCC(=O)N1CCN(c2nccs2)CC1. The first-order valence-corrected chi connectivity index (χ1v) is 8.62. The lowest BCUT2D eigenvalue weighted by Crippen LogP contribution is -2.49. The molecule has 0 saturated carbocycles. The maximum atomic E-state index is 12.2. The fourth-order valence-corrected chi connectivity index (χ4v) is 2.96. The highest BCUT2D eigenvalue weighted by atomic mass is 32.1. The third-order valence-corrected chi connectivity index (χ3v) is 4.16. The van der Waals surface area contributed by atoms with Crippen molar-refractivity contribution in [1.29, 1.82) is 0 Å². The van der Waals surface area contributed by atoms with Crippen LogP contribution in [-0.4, -0.2) is 60.2 Å². The molecule has 0 atom stereocenters. The predicted molar refractivity (Wildman–Crippen MR) is 89.8 cm³/mol. The van der Waals surface area contributed by atoms with Crippen LogP contribution in [0.1, 0.15) is 27.2 Å². The minimum atomic E-state index is -0.528. The Kier molecular flexibility index (Phi) is 5.81. The topological polar surface area (TPSA) is 74.8 Å². The number of alkyl carbamates (subject to hydrolysis) is 1. The van der Waals surface area contributed by atoms with E-state index in [4.69, 9.17) is 4.74 Å². The minimum absolute atomic E-state index is 0.0554. The summed E-state index contributed by atoms with van der Waals surface area (Å²) in [4.78, 5) is 32.0. The highest BCUT2D eigenvalue weighted by Crippen LogP contribution is 2.19. The number of thiazole rings is 1. The summed E-state index contributed by atoms with van der Waals surface area (Å²) in [6.07, 6.45) is 1.59. The second kappa shape index (κ2) is 7.63. The number of aromatic nitrogens is 1. The minimum Gasteiger partial charge on any atom is -0.444 e. The van der Waals surface area contributed by atoms with Gasteiger partial charge < -0.3 is 19.9 Å². The molecule has 1 aromatic heterocycles. The average Bonchev–Trinajstić information content (AvgIpc) is 2.99. The maximum Gasteiger partial charge on any atom is 0.407 e. The van der Waals surface area contributed by atoms with E-state index in [0.29, 0.717) is 19.6 Å². The number of hydrogen-bond donors (Lipinski definition) is 1. The van der Waals surface area contributed by atoms with Gasteiger partial charge in [-0.05, 0) is 20.8 Å². The van der Waals surface area contributed by atoms with E-state index in [-0.39, 0.29) is 12.3 Å². The average molecular weight is 340 g/mol. The number of nitrogens with one attached hydrogen (secondary N) is 1. The van der Waals surface area contributed by atoms with Crippen LogP contribution in [0, 0.1) is 0 Å². The van der Waals surface area contributed by atoms with Crippen LogP contribution < -0.4 is 10.2 Å². The zero-order valence-electron chi connectivity index (χ0n) is 13.9. The molecular formula is C15H24N4O3S. The summed E-state index contributed by atoms with van der Waals surface area (Å²) in [5, 5.41) is 5.57. The number of ether oxygens (including phenoxy) is 1. The summed E-state index contributed by atoms with van der Waals surface area (Å²) in [7, 11) is 0. The van der Waals surface area contributed by atoms with Crippen LogP contribution >= 0.6 is 11.3 Å². The molecule has 1 fully saturated rings. The van der Waals surface area contributed by atoms with Gasteiger partial charge >= 0.3 is 6.09 Å². The van der Waals surface area contributed by atoms with Crippen LogP contribution in [-0.2, 0) is 9.53 Å². The van der Waals surface area contributed by atoms with Crippen LogP contribution in [0.2, 0.25) is 0 Å². The molecule has 23 heavy (non-hydrogen) atoms. The van der Waals surface area contributed by atoms with E-state index in [1.54, 1.807) is 38.3 Å². The summed E-state index contributed by atoms with van der Waals surface area (Å²) in [5.74, 6) is 0.0554. The van der Waals surface area contributed by atoms with Crippen LogP contribution in [0.5, 0.6) is 0 Å². The number of piperazine rings is 1. The Labute approximate surface area is 140 Å². The van der Waals surface area contributed by atoms with Crippen LogP contribution in [0.4, 0.5) is 9.93 Å². The smallest absolute Gasteiger partial charge is 0.407 e. The van der Waals surface area contributed by atoms with Crippen molar-refractivity contribution in [2.75, 3.05) is 37.6 Å². The normalized spacial score (nSPS) is 15.4. The molecule has 0 aromatic carbocycles. The Morgan fingerprint density at radius 2 is 2.00 bits per heavy atom. The summed E-state index contributed by atoms with van der Waals surface area (Å²) in [5.41, 5.74) is -0.528. The summed E-state index contributed by atoms with van der Waals surface area (Å²) in [6.45, 7) is 8.66. The number of carbonyl (C=O) groups excluding carboxylic acids is 2. The number of rotatable bonds is 4. The molecule has 1 aromatic rings. The van der Waals surface area contributed by atoms with Gasteiger partial charge in [-0.3, -0.25) is 4.79 Å². The Morgan fingerprint density at radius 1 is 1.30 bits per heavy atom. The quantitative estimate of drug-likeness (QED) is 0.903. The van der Waals surface area contributed by atoms with Gasteiger partial charge in [-0.25, -0.2) is 9.78 Å². The van der Waals surface area contributed by atoms with E-state index >= 15 is 0 Å². The first-order valence-electron chi connectivity index (χ1n) is 7.74. The molecule has 0 spiro atoms. The molecule has 2 heterocycles. The van der Waals surface area contributed by atoms with E-state index in [1.165, 1.54) is 0 Å². The molecule has 8 heteroatoms. The largest absolute Gasteiger partial charge is 0.444 e. The van der Waals surface area contributed by atoms with Gasteiger partial charge in [0.25, 0.3) is 0 Å². The Hall–Kier alpha value is -1.83. The van der Waals surface area contributed by atoms with Gasteiger partial charge in [0, 0.05) is 50.7 Å². The molecule has 0 radical (unpaired) electrons. The van der Waals surface area contributed by atoms with Gasteiger partial charge in [-0.1, -0.05) is 0 Å². The fraction of sp³-hybridized carbons (Fsp3) is 0.667. The van der Waals surface area contributed by atoms with E-state index in [0.717, 1.165) is 18.2 Å². The van der Waals surface area contributed by atoms with Crippen molar-refractivity contribution < 1.29 is 14.3 Å². The van der Waals surface area contributed by atoms with Crippen LogP contribution in [0.3, 0.4) is 0 Å². The van der Waals surface area contributed by atoms with Crippen molar-refractivity contribution in [2.24, 2.45) is 0 Å². The molecule has 0 bridgehead atoms. The molecule has 0 aliphatic carbocycles. The van der Waals surface area contributed by atoms with Crippen molar-refractivity contribution in [3.8, 4) is 0 Å². The molecule has 1 aliphatic heterocycles. The Bertz CT molecular complexity index is 519. The van der Waals surface area contributed by atoms with Gasteiger partial charge in [0.1, 0.15) is 5.60 Å². The van der Waals surface area contributed by atoms with Crippen molar-refractivity contribution in [3.63, 3.8) is 0 Å². The molecule has 7 nitrogen and oxygen atoms in total. The second-order valence-electron chi connectivity index (χ2n) is 6.36. The number of anilines is 1. The Morgan fingerprint density at radius 3 is 2.57 bits per heavy atom. The molecule has 2 amide bonds. The van der Waals surface area contributed by atoms with Crippen molar-refractivity contribution in [2.45, 2.75) is 32.8 Å². The highest BCUT2D eigenvalue weighted by molar-refractivity contribution is 7.13. The molecule has 128 valence electrons. The summed E-state index contributed by atoms with van der Waals surface area (Å²) in [6, 6.07) is 0. The first kappa shape index (κ1) is 17.5. The lowest BCUT2D eigenvalue weighted by molar-refractivity contribution is -0.131. The molecular weight excluding hydrogens is 316 g/mol. The molecule has 2 rings (SSSR count). The second-order valence-corrected chi connectivity index (χ2v) is 7.23. The number of carbonyl (C=O) groups is 2. The zero-order valence-corrected chi connectivity index (χ0v) is 14.7. The number of amides is 2. The van der Waals surface area contributed by atoms with E-state index in [2.05, 4.69) is 15.2 Å². The monoisotopic (exact) mass is 340 g/mol. The lowest BCUT2D eigenvalue weighted by Gasteiger charge is -2.34.